The van der Waals surface area contributed by atoms with Crippen LogP contribution in [0.15, 0.2) is 77.3 Å². The van der Waals surface area contributed by atoms with Crippen molar-refractivity contribution in [3.05, 3.63) is 99.7 Å². The van der Waals surface area contributed by atoms with E-state index in [1.54, 1.807) is 7.11 Å². The lowest BCUT2D eigenvalue weighted by Gasteiger charge is -2.36. The molecule has 3 aromatic carbocycles. The number of hydrogen-bond donors (Lipinski definition) is 1. The first-order valence-corrected chi connectivity index (χ1v) is 10.7. The molecule has 1 aliphatic heterocycles. The predicted molar refractivity (Wildman–Crippen MR) is 122 cm³/mol. The minimum absolute atomic E-state index is 0.0291. The first-order chi connectivity index (χ1) is 14.7. The maximum Gasteiger partial charge on any atom is 0.254 e. The van der Waals surface area contributed by atoms with Crippen LogP contribution in [-0.2, 0) is 6.42 Å². The number of carbonyl (C=O) groups is 1. The molecule has 5 heteroatoms. The van der Waals surface area contributed by atoms with Gasteiger partial charge in [-0.3, -0.25) is 4.79 Å². The number of nitrogens with zero attached hydrogens (tertiary/aromatic N) is 1. The highest BCUT2D eigenvalue weighted by molar-refractivity contribution is 9.10. The van der Waals surface area contributed by atoms with E-state index < -0.39 is 0 Å². The van der Waals surface area contributed by atoms with E-state index in [0.717, 1.165) is 33.4 Å². The molecule has 0 spiro atoms. The summed E-state index contributed by atoms with van der Waals surface area (Å²) < 4.78 is 6.24. The normalized spacial score (nSPS) is 15.8. The zero-order valence-electron chi connectivity index (χ0n) is 16.6. The molecule has 0 saturated heterocycles. The lowest BCUT2D eigenvalue weighted by atomic mass is 9.91. The summed E-state index contributed by atoms with van der Waals surface area (Å²) in [6.45, 7) is 0.664. The molecule has 150 valence electrons. The molecule has 4 nitrogen and oxygen atoms in total. The summed E-state index contributed by atoms with van der Waals surface area (Å²) in [5, 5.41) is 1.24. The molecule has 4 aromatic rings. The average Bonchev–Trinajstić information content (AvgIpc) is 3.17. The Kier molecular flexibility index (Phi) is 4.83. The Morgan fingerprint density at radius 3 is 2.63 bits per heavy atom. The Morgan fingerprint density at radius 1 is 1.07 bits per heavy atom. The number of aromatic amines is 1. The summed E-state index contributed by atoms with van der Waals surface area (Å²) in [5.74, 6) is 0.831. The van der Waals surface area contributed by atoms with Gasteiger partial charge < -0.3 is 14.6 Å². The Bertz CT molecular complexity index is 1230. The Morgan fingerprint density at radius 2 is 1.87 bits per heavy atom. The summed E-state index contributed by atoms with van der Waals surface area (Å²) in [4.78, 5) is 19.1. The van der Waals surface area contributed by atoms with Crippen LogP contribution in [0.4, 0.5) is 0 Å². The van der Waals surface area contributed by atoms with Crippen LogP contribution in [0.25, 0.3) is 10.9 Å². The van der Waals surface area contributed by atoms with Gasteiger partial charge in [0.2, 0.25) is 0 Å². The van der Waals surface area contributed by atoms with E-state index in [9.17, 15) is 4.79 Å². The maximum absolute atomic E-state index is 13.6. The molecule has 0 unspecified atom stereocenters. The molecule has 1 N–H and O–H groups in total. The zero-order chi connectivity index (χ0) is 20.7. The molecule has 0 saturated carbocycles. The summed E-state index contributed by atoms with van der Waals surface area (Å²) in [6.07, 6.45) is 0.825. The fourth-order valence-electron chi connectivity index (χ4n) is 4.38. The Hall–Kier alpha value is -3.05. The van der Waals surface area contributed by atoms with Gasteiger partial charge in [0.15, 0.2) is 0 Å². The summed E-state index contributed by atoms with van der Waals surface area (Å²) in [6, 6.07) is 23.8. The SMILES string of the molecule is COc1ccc([C@H]2c3[nH]c4ccccc4c3CCN2C(=O)c2cccc(Br)c2)cc1. The summed E-state index contributed by atoms with van der Waals surface area (Å²) >= 11 is 3.49. The molecule has 30 heavy (non-hydrogen) atoms. The smallest absolute Gasteiger partial charge is 0.254 e. The first kappa shape index (κ1) is 18.9. The fraction of sp³-hybridized carbons (Fsp3) is 0.160. The van der Waals surface area contributed by atoms with Crippen molar-refractivity contribution in [1.82, 2.24) is 9.88 Å². The van der Waals surface area contributed by atoms with E-state index in [1.165, 1.54) is 10.9 Å². The van der Waals surface area contributed by atoms with Crippen molar-refractivity contribution in [2.75, 3.05) is 13.7 Å². The highest BCUT2D eigenvalue weighted by atomic mass is 79.9. The van der Waals surface area contributed by atoms with Crippen LogP contribution in [0.3, 0.4) is 0 Å². The number of H-pyrrole nitrogens is 1. The van der Waals surface area contributed by atoms with Crippen molar-refractivity contribution in [1.29, 1.82) is 0 Å². The van der Waals surface area contributed by atoms with E-state index in [-0.39, 0.29) is 11.9 Å². The van der Waals surface area contributed by atoms with Crippen molar-refractivity contribution in [3.8, 4) is 5.75 Å². The van der Waals surface area contributed by atoms with Crippen molar-refractivity contribution >= 4 is 32.7 Å². The molecule has 1 aromatic heterocycles. The number of benzene rings is 3. The average molecular weight is 461 g/mol. The van der Waals surface area contributed by atoms with Gasteiger partial charge in [-0.15, -0.1) is 0 Å². The van der Waals surface area contributed by atoms with Gasteiger partial charge in [-0.2, -0.15) is 0 Å². The summed E-state index contributed by atoms with van der Waals surface area (Å²) in [7, 11) is 1.66. The second-order valence-corrected chi connectivity index (χ2v) is 8.41. The molecule has 1 aliphatic rings. The molecule has 1 amide bonds. The molecule has 2 heterocycles. The number of aromatic nitrogens is 1. The van der Waals surface area contributed by atoms with Crippen molar-refractivity contribution in [2.24, 2.45) is 0 Å². The monoisotopic (exact) mass is 460 g/mol. The van der Waals surface area contributed by atoms with Gasteiger partial charge in [-0.1, -0.05) is 52.3 Å². The van der Waals surface area contributed by atoms with E-state index >= 15 is 0 Å². The molecule has 1 atom stereocenters. The van der Waals surface area contributed by atoms with E-state index in [0.29, 0.717) is 12.1 Å². The van der Waals surface area contributed by atoms with Crippen LogP contribution < -0.4 is 4.74 Å². The third-order valence-electron chi connectivity index (χ3n) is 5.80. The molecular formula is C25H21BrN2O2. The third kappa shape index (κ3) is 3.19. The van der Waals surface area contributed by atoms with E-state index in [1.807, 2.05) is 59.5 Å². The number of methoxy groups -OCH3 is 1. The number of amides is 1. The van der Waals surface area contributed by atoms with E-state index in [4.69, 9.17) is 4.74 Å². The highest BCUT2D eigenvalue weighted by Crippen LogP contribution is 2.39. The van der Waals surface area contributed by atoms with Gasteiger partial charge in [0.05, 0.1) is 13.2 Å². The molecular weight excluding hydrogens is 440 g/mol. The Labute approximate surface area is 183 Å². The first-order valence-electron chi connectivity index (χ1n) is 9.95. The lowest BCUT2D eigenvalue weighted by molar-refractivity contribution is 0.0692. The maximum atomic E-state index is 13.6. The van der Waals surface area contributed by atoms with Crippen LogP contribution in [0.2, 0.25) is 0 Å². The minimum Gasteiger partial charge on any atom is -0.497 e. The third-order valence-corrected chi connectivity index (χ3v) is 6.29. The van der Waals surface area contributed by atoms with Crippen molar-refractivity contribution in [2.45, 2.75) is 12.5 Å². The van der Waals surface area contributed by atoms with Gasteiger partial charge in [0.25, 0.3) is 5.91 Å². The topological polar surface area (TPSA) is 45.3 Å². The van der Waals surface area contributed by atoms with Gasteiger partial charge in [-0.25, -0.2) is 0 Å². The Balaban J connectivity index is 1.65. The predicted octanol–water partition coefficient (Wildman–Crippen LogP) is 5.73. The number of nitrogens with one attached hydrogen (secondary N) is 1. The van der Waals surface area contributed by atoms with Crippen LogP contribution in [0, 0.1) is 0 Å². The number of carbonyl (C=O) groups excluding carboxylic acids is 1. The van der Waals surface area contributed by atoms with Gasteiger partial charge in [0.1, 0.15) is 5.75 Å². The molecule has 0 aliphatic carbocycles. The quantitative estimate of drug-likeness (QED) is 0.424. The van der Waals surface area contributed by atoms with Crippen LogP contribution in [0.1, 0.15) is 33.2 Å². The number of halogens is 1. The second kappa shape index (κ2) is 7.65. The van der Waals surface area contributed by atoms with Gasteiger partial charge in [-0.05, 0) is 53.9 Å². The minimum atomic E-state index is -0.182. The van der Waals surface area contributed by atoms with Crippen LogP contribution in [-0.4, -0.2) is 29.4 Å². The van der Waals surface area contributed by atoms with Crippen molar-refractivity contribution in [3.63, 3.8) is 0 Å². The zero-order valence-corrected chi connectivity index (χ0v) is 18.1. The van der Waals surface area contributed by atoms with E-state index in [2.05, 4.69) is 39.1 Å². The number of rotatable bonds is 3. The standard InChI is InChI=1S/C25H21BrN2O2/c1-30-19-11-9-16(10-12-19)24-23-21(20-7-2-3-8-22(20)27-23)13-14-28(24)25(29)17-5-4-6-18(26)15-17/h2-12,15,24,27H,13-14H2,1H3/t24-/m0/s1. The number of hydrogen-bond acceptors (Lipinski definition) is 2. The second-order valence-electron chi connectivity index (χ2n) is 7.50. The van der Waals surface area contributed by atoms with Crippen molar-refractivity contribution < 1.29 is 9.53 Å². The molecule has 0 bridgehead atoms. The number of fused-ring (bicyclic) bond motifs is 3. The molecule has 0 radical (unpaired) electrons. The highest BCUT2D eigenvalue weighted by Gasteiger charge is 2.35. The van der Waals surface area contributed by atoms with Gasteiger partial charge >= 0.3 is 0 Å². The summed E-state index contributed by atoms with van der Waals surface area (Å²) in [5.41, 5.74) is 5.24. The molecule has 0 fully saturated rings. The van der Waals surface area contributed by atoms with Crippen LogP contribution >= 0.6 is 15.9 Å². The lowest BCUT2D eigenvalue weighted by Crippen LogP contribution is -2.40. The largest absolute Gasteiger partial charge is 0.497 e. The number of ether oxygens (including phenoxy) is 1. The fourth-order valence-corrected chi connectivity index (χ4v) is 4.78. The van der Waals surface area contributed by atoms with Gasteiger partial charge in [0, 0.05) is 33.2 Å². The van der Waals surface area contributed by atoms with Crippen LogP contribution in [0.5, 0.6) is 5.75 Å². The number of para-hydroxylation sites is 1. The molecule has 5 rings (SSSR count).